The predicted molar refractivity (Wildman–Crippen MR) is 57.8 cm³/mol. The number of carbonyl (C=O) groups is 1. The maximum Gasteiger partial charge on any atom is 0.249 e. The molecule has 1 amide bonds. The second kappa shape index (κ2) is 3.74. The van der Waals surface area contributed by atoms with Gasteiger partial charge in [0.2, 0.25) is 5.91 Å². The molecule has 1 aromatic heterocycles. The average molecular weight is 223 g/mol. The van der Waals surface area contributed by atoms with Crippen molar-refractivity contribution in [1.82, 2.24) is 5.16 Å². The molecule has 76 valence electrons. The molecule has 1 heterocycles. The summed E-state index contributed by atoms with van der Waals surface area (Å²) in [7, 11) is 0. The molecule has 0 atom stereocenters. The zero-order chi connectivity index (χ0) is 10.8. The SMILES string of the molecule is C=CC(=O)Nc1noc2ccc(Cl)cc12. The monoisotopic (exact) mass is 222 g/mol. The Balaban J connectivity index is 2.47. The molecule has 0 radical (unpaired) electrons. The van der Waals surface area contributed by atoms with E-state index in [1.165, 1.54) is 0 Å². The molecule has 0 spiro atoms. The minimum Gasteiger partial charge on any atom is -0.354 e. The van der Waals surface area contributed by atoms with Gasteiger partial charge in [-0.1, -0.05) is 23.3 Å². The zero-order valence-electron chi connectivity index (χ0n) is 7.66. The van der Waals surface area contributed by atoms with Gasteiger partial charge in [0.15, 0.2) is 11.4 Å². The third kappa shape index (κ3) is 1.85. The second-order valence-corrected chi connectivity index (χ2v) is 3.30. The Kier molecular flexibility index (Phi) is 2.43. The number of nitrogens with zero attached hydrogens (tertiary/aromatic N) is 1. The summed E-state index contributed by atoms with van der Waals surface area (Å²) in [5.74, 6) is 0.00238. The van der Waals surface area contributed by atoms with Crippen LogP contribution in [0.3, 0.4) is 0 Å². The highest BCUT2D eigenvalue weighted by Gasteiger charge is 2.09. The van der Waals surface area contributed by atoms with Crippen LogP contribution in [0.15, 0.2) is 35.4 Å². The molecular weight excluding hydrogens is 216 g/mol. The second-order valence-electron chi connectivity index (χ2n) is 2.87. The minimum absolute atomic E-state index is 0.342. The van der Waals surface area contributed by atoms with Crippen LogP contribution in [0, 0.1) is 0 Å². The molecule has 4 nitrogen and oxygen atoms in total. The van der Waals surface area contributed by atoms with Crippen LogP contribution in [-0.2, 0) is 4.79 Å². The normalized spacial score (nSPS) is 10.2. The molecule has 1 N–H and O–H groups in total. The van der Waals surface area contributed by atoms with Gasteiger partial charge in [-0.05, 0) is 24.3 Å². The van der Waals surface area contributed by atoms with Crippen LogP contribution in [0.2, 0.25) is 5.02 Å². The van der Waals surface area contributed by atoms with Crippen LogP contribution in [0.25, 0.3) is 11.0 Å². The van der Waals surface area contributed by atoms with E-state index in [0.717, 1.165) is 6.08 Å². The fourth-order valence-corrected chi connectivity index (χ4v) is 1.34. The lowest BCUT2D eigenvalue weighted by Crippen LogP contribution is -2.07. The van der Waals surface area contributed by atoms with Crippen molar-refractivity contribution in [3.8, 4) is 0 Å². The van der Waals surface area contributed by atoms with E-state index in [2.05, 4.69) is 17.1 Å². The van der Waals surface area contributed by atoms with Gasteiger partial charge in [0.1, 0.15) is 0 Å². The van der Waals surface area contributed by atoms with Gasteiger partial charge in [0.05, 0.1) is 5.39 Å². The standard InChI is InChI=1S/C10H7ClN2O2/c1-2-9(14)12-10-7-5-6(11)3-4-8(7)15-13-10/h2-5H,1H2,(H,12,13,14). The third-order valence-corrected chi connectivity index (χ3v) is 2.09. The number of carbonyl (C=O) groups excluding carboxylic acids is 1. The Morgan fingerprint density at radius 3 is 3.13 bits per heavy atom. The van der Waals surface area contributed by atoms with Gasteiger partial charge in [-0.2, -0.15) is 0 Å². The van der Waals surface area contributed by atoms with Crippen LogP contribution in [0.1, 0.15) is 0 Å². The van der Waals surface area contributed by atoms with Crippen molar-refractivity contribution >= 4 is 34.3 Å². The Hall–Kier alpha value is -1.81. The smallest absolute Gasteiger partial charge is 0.249 e. The number of fused-ring (bicyclic) bond motifs is 1. The number of hydrogen-bond acceptors (Lipinski definition) is 3. The molecular formula is C10H7ClN2O2. The van der Waals surface area contributed by atoms with Gasteiger partial charge < -0.3 is 9.84 Å². The van der Waals surface area contributed by atoms with E-state index in [1.807, 2.05) is 0 Å². The maximum atomic E-state index is 11.1. The molecule has 0 saturated carbocycles. The number of halogens is 1. The quantitative estimate of drug-likeness (QED) is 0.795. The van der Waals surface area contributed by atoms with Crippen molar-refractivity contribution in [2.75, 3.05) is 5.32 Å². The first kappa shape index (κ1) is 9.73. The fraction of sp³-hybridized carbons (Fsp3) is 0. The number of anilines is 1. The first-order chi connectivity index (χ1) is 7.20. The van der Waals surface area contributed by atoms with Crippen molar-refractivity contribution in [3.05, 3.63) is 35.9 Å². The summed E-state index contributed by atoms with van der Waals surface area (Å²) in [4.78, 5) is 11.1. The molecule has 2 rings (SSSR count). The molecule has 0 saturated heterocycles. The van der Waals surface area contributed by atoms with E-state index in [-0.39, 0.29) is 5.91 Å². The summed E-state index contributed by atoms with van der Waals surface area (Å²) in [6, 6.07) is 5.05. The third-order valence-electron chi connectivity index (χ3n) is 1.86. The maximum absolute atomic E-state index is 11.1. The van der Waals surface area contributed by atoms with E-state index < -0.39 is 0 Å². The van der Waals surface area contributed by atoms with Crippen LogP contribution in [0.5, 0.6) is 0 Å². The van der Waals surface area contributed by atoms with Gasteiger partial charge in [-0.25, -0.2) is 0 Å². The van der Waals surface area contributed by atoms with Crippen molar-refractivity contribution in [1.29, 1.82) is 0 Å². The Morgan fingerprint density at radius 2 is 2.40 bits per heavy atom. The molecule has 1 aromatic carbocycles. The Bertz CT molecular complexity index is 533. The fourth-order valence-electron chi connectivity index (χ4n) is 1.17. The first-order valence-electron chi connectivity index (χ1n) is 4.19. The summed E-state index contributed by atoms with van der Waals surface area (Å²) >= 11 is 5.82. The molecule has 0 aliphatic rings. The lowest BCUT2D eigenvalue weighted by atomic mass is 10.2. The number of rotatable bonds is 2. The number of hydrogen-bond donors (Lipinski definition) is 1. The molecule has 0 unspecified atom stereocenters. The summed E-state index contributed by atoms with van der Waals surface area (Å²) in [6.07, 6.45) is 1.16. The Morgan fingerprint density at radius 1 is 1.60 bits per heavy atom. The lowest BCUT2D eigenvalue weighted by Gasteiger charge is -1.95. The lowest BCUT2D eigenvalue weighted by molar-refractivity contribution is -0.111. The van der Waals surface area contributed by atoms with Gasteiger partial charge in [-0.3, -0.25) is 4.79 Å². The predicted octanol–water partition coefficient (Wildman–Crippen LogP) is 2.61. The molecule has 0 aliphatic carbocycles. The summed E-state index contributed by atoms with van der Waals surface area (Å²) in [5, 5.41) is 7.45. The number of benzene rings is 1. The van der Waals surface area contributed by atoms with Crippen LogP contribution in [-0.4, -0.2) is 11.1 Å². The van der Waals surface area contributed by atoms with E-state index in [0.29, 0.717) is 21.8 Å². The summed E-state index contributed by atoms with van der Waals surface area (Å²) in [6.45, 7) is 3.34. The number of amides is 1. The highest BCUT2D eigenvalue weighted by molar-refractivity contribution is 6.31. The molecule has 2 aromatic rings. The van der Waals surface area contributed by atoms with Crippen molar-refractivity contribution in [2.45, 2.75) is 0 Å². The van der Waals surface area contributed by atoms with Crippen molar-refractivity contribution < 1.29 is 9.32 Å². The summed E-state index contributed by atoms with van der Waals surface area (Å²) in [5.41, 5.74) is 0.568. The van der Waals surface area contributed by atoms with Gasteiger partial charge in [0.25, 0.3) is 0 Å². The van der Waals surface area contributed by atoms with Crippen LogP contribution in [0.4, 0.5) is 5.82 Å². The molecule has 15 heavy (non-hydrogen) atoms. The number of aromatic nitrogens is 1. The minimum atomic E-state index is -0.342. The number of nitrogens with one attached hydrogen (secondary N) is 1. The van der Waals surface area contributed by atoms with E-state index >= 15 is 0 Å². The molecule has 0 bridgehead atoms. The Labute approximate surface area is 90.5 Å². The average Bonchev–Trinajstić information content (AvgIpc) is 2.61. The van der Waals surface area contributed by atoms with E-state index in [1.54, 1.807) is 18.2 Å². The first-order valence-corrected chi connectivity index (χ1v) is 4.57. The topological polar surface area (TPSA) is 55.1 Å². The van der Waals surface area contributed by atoms with Gasteiger partial charge in [-0.15, -0.1) is 0 Å². The largest absolute Gasteiger partial charge is 0.354 e. The van der Waals surface area contributed by atoms with Crippen molar-refractivity contribution in [3.63, 3.8) is 0 Å². The summed E-state index contributed by atoms with van der Waals surface area (Å²) < 4.78 is 4.99. The van der Waals surface area contributed by atoms with Gasteiger partial charge in [0, 0.05) is 5.02 Å². The van der Waals surface area contributed by atoms with E-state index in [4.69, 9.17) is 16.1 Å². The zero-order valence-corrected chi connectivity index (χ0v) is 8.41. The highest BCUT2D eigenvalue weighted by atomic mass is 35.5. The molecule has 0 aliphatic heterocycles. The van der Waals surface area contributed by atoms with Crippen LogP contribution >= 0.6 is 11.6 Å². The molecule has 0 fully saturated rings. The highest BCUT2D eigenvalue weighted by Crippen LogP contribution is 2.25. The van der Waals surface area contributed by atoms with Crippen LogP contribution < -0.4 is 5.32 Å². The van der Waals surface area contributed by atoms with E-state index in [9.17, 15) is 4.79 Å². The molecule has 5 heteroatoms. The van der Waals surface area contributed by atoms with Crippen molar-refractivity contribution in [2.24, 2.45) is 0 Å². The van der Waals surface area contributed by atoms with Gasteiger partial charge >= 0.3 is 0 Å².